The summed E-state index contributed by atoms with van der Waals surface area (Å²) in [4.78, 5) is 113. The van der Waals surface area contributed by atoms with Crippen molar-refractivity contribution in [3.63, 3.8) is 0 Å². The van der Waals surface area contributed by atoms with Gasteiger partial charge in [0.1, 0.15) is 30.2 Å². The highest BCUT2D eigenvalue weighted by Crippen LogP contribution is 2.19. The Balaban J connectivity index is 3.27. The number of carboxylic acids is 3. The first-order valence-corrected chi connectivity index (χ1v) is 15.0. The van der Waals surface area contributed by atoms with Crippen molar-refractivity contribution >= 4 is 53.4 Å². The van der Waals surface area contributed by atoms with E-state index in [1.165, 1.54) is 0 Å². The van der Waals surface area contributed by atoms with Crippen LogP contribution in [0.5, 0.6) is 0 Å². The van der Waals surface area contributed by atoms with Crippen molar-refractivity contribution in [1.29, 1.82) is 0 Å². The number of rotatable bonds is 19. The van der Waals surface area contributed by atoms with Gasteiger partial charge in [-0.25, -0.2) is 4.79 Å². The smallest absolute Gasteiger partial charge is 0.326 e. The fraction of sp³-hybridized carbons (Fsp3) is 0.679. The van der Waals surface area contributed by atoms with Gasteiger partial charge in [-0.2, -0.15) is 0 Å². The van der Waals surface area contributed by atoms with Crippen molar-refractivity contribution in [2.24, 2.45) is 23.3 Å². The van der Waals surface area contributed by atoms with Crippen molar-refractivity contribution in [3.8, 4) is 0 Å². The molecule has 19 nitrogen and oxygen atoms in total. The highest BCUT2D eigenvalue weighted by molar-refractivity contribution is 5.99. The summed E-state index contributed by atoms with van der Waals surface area (Å²) in [6.07, 6.45) is -2.09. The lowest BCUT2D eigenvalue weighted by molar-refractivity contribution is -0.150. The highest BCUT2D eigenvalue weighted by Gasteiger charge is 2.40. The summed E-state index contributed by atoms with van der Waals surface area (Å²) in [5, 5.41) is 37.1. The first-order chi connectivity index (χ1) is 21.8. The monoisotopic (exact) mass is 671 g/mol. The van der Waals surface area contributed by atoms with Gasteiger partial charge in [0.2, 0.25) is 35.4 Å². The number of primary amides is 1. The lowest BCUT2D eigenvalue weighted by Gasteiger charge is -2.29. The molecule has 0 aromatic rings. The van der Waals surface area contributed by atoms with Gasteiger partial charge in [0.25, 0.3) is 0 Å². The predicted octanol–water partition coefficient (Wildman–Crippen LogP) is -3.14. The molecule has 11 N–H and O–H groups in total. The maximum atomic E-state index is 13.3. The Bertz CT molecular complexity index is 1230. The van der Waals surface area contributed by atoms with Crippen molar-refractivity contribution in [2.45, 2.75) is 102 Å². The van der Waals surface area contributed by atoms with Gasteiger partial charge in [-0.3, -0.25) is 38.4 Å². The summed E-state index contributed by atoms with van der Waals surface area (Å²) in [6.45, 7) is 6.70. The first-order valence-electron chi connectivity index (χ1n) is 15.0. The minimum Gasteiger partial charge on any atom is -0.481 e. The van der Waals surface area contributed by atoms with Gasteiger partial charge in [0.15, 0.2) is 0 Å². The molecule has 0 saturated carbocycles. The molecule has 7 atom stereocenters. The normalized spacial score (nSPS) is 18.1. The van der Waals surface area contributed by atoms with E-state index >= 15 is 0 Å². The molecule has 1 fully saturated rings. The van der Waals surface area contributed by atoms with Crippen molar-refractivity contribution in [3.05, 3.63) is 0 Å². The molecule has 47 heavy (non-hydrogen) atoms. The Morgan fingerprint density at radius 1 is 0.745 bits per heavy atom. The number of hydrogen-bond donors (Lipinski definition) is 9. The van der Waals surface area contributed by atoms with E-state index in [2.05, 4.69) is 21.3 Å². The number of amides is 6. The van der Waals surface area contributed by atoms with Crippen LogP contribution in [0.4, 0.5) is 0 Å². The molecular formula is C28H45N7O12. The summed E-state index contributed by atoms with van der Waals surface area (Å²) in [7, 11) is 0. The van der Waals surface area contributed by atoms with E-state index in [0.717, 1.165) is 4.90 Å². The van der Waals surface area contributed by atoms with Gasteiger partial charge in [0, 0.05) is 6.54 Å². The topological polar surface area (TPSA) is 318 Å². The highest BCUT2D eigenvalue weighted by atomic mass is 16.4. The summed E-state index contributed by atoms with van der Waals surface area (Å²) < 4.78 is 0. The summed E-state index contributed by atoms with van der Waals surface area (Å²) in [6, 6.07) is -9.00. The average Bonchev–Trinajstić information content (AvgIpc) is 3.47. The molecule has 0 aliphatic carbocycles. The second kappa shape index (κ2) is 18.4. The zero-order chi connectivity index (χ0) is 36.2. The number of nitrogens with zero attached hydrogens (tertiary/aromatic N) is 1. The van der Waals surface area contributed by atoms with Gasteiger partial charge in [0.05, 0.1) is 25.3 Å². The summed E-state index contributed by atoms with van der Waals surface area (Å²) >= 11 is 0. The van der Waals surface area contributed by atoms with Crippen molar-refractivity contribution < 1.29 is 58.5 Å². The molecule has 0 aromatic heterocycles. The fourth-order valence-corrected chi connectivity index (χ4v) is 4.72. The number of hydrogen-bond acceptors (Lipinski definition) is 10. The molecule has 0 aromatic carbocycles. The predicted molar refractivity (Wildman–Crippen MR) is 161 cm³/mol. The largest absolute Gasteiger partial charge is 0.481 e. The van der Waals surface area contributed by atoms with Crippen LogP contribution in [-0.4, -0.2) is 116 Å². The second-order valence-electron chi connectivity index (χ2n) is 11.7. The van der Waals surface area contributed by atoms with Crippen molar-refractivity contribution in [2.75, 3.05) is 6.54 Å². The standard InChI is InChI=1S/C28H45N7O12/c1-5-13(4)22(34-25(43)21(30)12(2)3)26(44)32-15(10-19(37)38)24(42)31-14(9-18(29)36)23(41)33-16(11-20(39)40)27(45)35-8-6-7-17(35)28(46)47/h12-17,21-22H,5-11,30H2,1-4H3,(H2,29,36)(H,31,42)(H,32,44)(H,33,41)(H,34,43)(H,37,38)(H,39,40)(H,46,47)/t13-,14-,15-,16-,17-,21-,22-/m0/s1. The maximum Gasteiger partial charge on any atom is 0.326 e. The molecule has 264 valence electrons. The molecule has 1 rings (SSSR count). The molecule has 0 bridgehead atoms. The number of carboxylic acid groups (broad SMARTS) is 3. The van der Waals surface area contributed by atoms with Crippen LogP contribution in [0.3, 0.4) is 0 Å². The van der Waals surface area contributed by atoms with E-state index in [1.807, 2.05) is 0 Å². The second-order valence-corrected chi connectivity index (χ2v) is 11.7. The molecule has 1 aliphatic rings. The molecule has 6 amide bonds. The lowest BCUT2D eigenvalue weighted by atomic mass is 9.96. The van der Waals surface area contributed by atoms with Gasteiger partial charge in [-0.05, 0) is 24.7 Å². The zero-order valence-electron chi connectivity index (χ0n) is 26.7. The van der Waals surface area contributed by atoms with Crippen LogP contribution in [0.25, 0.3) is 0 Å². The number of carbonyl (C=O) groups excluding carboxylic acids is 6. The molecular weight excluding hydrogens is 626 g/mol. The molecule has 1 heterocycles. The lowest BCUT2D eigenvalue weighted by Crippen LogP contribution is -2.61. The van der Waals surface area contributed by atoms with Crippen LogP contribution in [-0.2, 0) is 43.2 Å². The van der Waals surface area contributed by atoms with E-state index in [4.69, 9.17) is 11.5 Å². The first kappa shape index (κ1) is 40.2. The fourth-order valence-electron chi connectivity index (χ4n) is 4.72. The zero-order valence-corrected chi connectivity index (χ0v) is 26.7. The van der Waals surface area contributed by atoms with Crippen LogP contribution in [0, 0.1) is 11.8 Å². The van der Waals surface area contributed by atoms with Crippen LogP contribution < -0.4 is 32.7 Å². The number of carbonyl (C=O) groups is 9. The Morgan fingerprint density at radius 2 is 1.23 bits per heavy atom. The van der Waals surface area contributed by atoms with E-state index in [-0.39, 0.29) is 18.9 Å². The third-order valence-corrected chi connectivity index (χ3v) is 7.68. The van der Waals surface area contributed by atoms with E-state index < -0.39 is 115 Å². The Hall–Kier alpha value is -4.81. The SMILES string of the molecule is CC[C@H](C)[C@H](NC(=O)[C@@H](N)C(C)C)C(=O)N[C@@H](CC(=O)O)C(=O)N[C@@H](CC(N)=O)C(=O)N[C@@H](CC(=O)O)C(=O)N1CCC[C@H]1C(=O)O. The van der Waals surface area contributed by atoms with E-state index in [0.29, 0.717) is 12.8 Å². The third kappa shape index (κ3) is 12.5. The Labute approximate surface area is 270 Å². The van der Waals surface area contributed by atoms with E-state index in [9.17, 15) is 58.5 Å². The van der Waals surface area contributed by atoms with Gasteiger partial charge < -0.3 is 53.0 Å². The number of nitrogens with one attached hydrogen (secondary N) is 4. The minimum atomic E-state index is -1.87. The Morgan fingerprint density at radius 3 is 1.70 bits per heavy atom. The molecule has 1 aliphatic heterocycles. The summed E-state index contributed by atoms with van der Waals surface area (Å²) in [5.41, 5.74) is 11.1. The number of nitrogens with two attached hydrogens (primary N) is 2. The van der Waals surface area contributed by atoms with Crippen LogP contribution >= 0.6 is 0 Å². The molecule has 0 radical (unpaired) electrons. The summed E-state index contributed by atoms with van der Waals surface area (Å²) in [5.74, 6) is -11.5. The van der Waals surface area contributed by atoms with Crippen LogP contribution in [0.15, 0.2) is 0 Å². The number of likely N-dealkylation sites (tertiary alicyclic amines) is 1. The van der Waals surface area contributed by atoms with Crippen molar-refractivity contribution in [1.82, 2.24) is 26.2 Å². The molecule has 19 heteroatoms. The van der Waals surface area contributed by atoms with Gasteiger partial charge in [-0.1, -0.05) is 34.1 Å². The van der Waals surface area contributed by atoms with Crippen LogP contribution in [0.1, 0.15) is 66.2 Å². The van der Waals surface area contributed by atoms with E-state index in [1.54, 1.807) is 27.7 Å². The number of aliphatic carboxylic acids is 3. The van der Waals surface area contributed by atoms with Gasteiger partial charge in [-0.15, -0.1) is 0 Å². The van der Waals surface area contributed by atoms with Gasteiger partial charge >= 0.3 is 17.9 Å². The average molecular weight is 672 g/mol. The molecule has 1 saturated heterocycles. The van der Waals surface area contributed by atoms with Crippen LogP contribution in [0.2, 0.25) is 0 Å². The molecule has 0 unspecified atom stereocenters. The molecule has 0 spiro atoms. The minimum absolute atomic E-state index is 0.0265. The quantitative estimate of drug-likeness (QED) is 0.0656. The maximum absolute atomic E-state index is 13.3. The Kier molecular flexibility index (Phi) is 15.7. The third-order valence-electron chi connectivity index (χ3n) is 7.68.